The standard InChI is InChI=1S/C15H18ClN3O2/c1-3-12-13(14(16)19(2)18-12)15(21)17-8-10-6-4-5-7-11(10)9-20/h4-7,20H,3,8-9H2,1-2H3,(H,17,21). The lowest BCUT2D eigenvalue weighted by Crippen LogP contribution is -2.24. The highest BCUT2D eigenvalue weighted by molar-refractivity contribution is 6.33. The molecule has 0 aliphatic heterocycles. The number of aliphatic hydroxyl groups excluding tert-OH is 1. The second kappa shape index (κ2) is 6.74. The van der Waals surface area contributed by atoms with Gasteiger partial charge in [0.05, 0.1) is 17.9 Å². The zero-order valence-electron chi connectivity index (χ0n) is 12.1. The number of nitrogens with zero attached hydrogens (tertiary/aromatic N) is 2. The summed E-state index contributed by atoms with van der Waals surface area (Å²) < 4.78 is 1.50. The Kier molecular flexibility index (Phi) is 4.98. The molecule has 112 valence electrons. The highest BCUT2D eigenvalue weighted by Gasteiger charge is 2.20. The summed E-state index contributed by atoms with van der Waals surface area (Å²) in [5.74, 6) is -0.252. The van der Waals surface area contributed by atoms with Crippen LogP contribution in [0, 0.1) is 0 Å². The van der Waals surface area contributed by atoms with E-state index in [4.69, 9.17) is 11.6 Å². The average Bonchev–Trinajstić information content (AvgIpc) is 2.80. The molecule has 2 rings (SSSR count). The van der Waals surface area contributed by atoms with Crippen LogP contribution >= 0.6 is 11.6 Å². The normalized spacial score (nSPS) is 10.7. The molecule has 0 atom stereocenters. The number of hydrogen-bond donors (Lipinski definition) is 2. The number of benzene rings is 1. The Labute approximate surface area is 128 Å². The zero-order chi connectivity index (χ0) is 15.4. The number of hydrogen-bond acceptors (Lipinski definition) is 3. The van der Waals surface area contributed by atoms with Crippen molar-refractivity contribution in [1.82, 2.24) is 15.1 Å². The number of aliphatic hydroxyl groups is 1. The van der Waals surface area contributed by atoms with Crippen LogP contribution in [-0.4, -0.2) is 20.8 Å². The molecule has 0 saturated heterocycles. The van der Waals surface area contributed by atoms with Crippen molar-refractivity contribution in [3.8, 4) is 0 Å². The van der Waals surface area contributed by atoms with Gasteiger partial charge >= 0.3 is 0 Å². The number of amides is 1. The van der Waals surface area contributed by atoms with E-state index in [-0.39, 0.29) is 12.5 Å². The monoisotopic (exact) mass is 307 g/mol. The molecule has 2 aromatic rings. The number of halogens is 1. The van der Waals surface area contributed by atoms with E-state index in [1.165, 1.54) is 4.68 Å². The van der Waals surface area contributed by atoms with Crippen LogP contribution in [0.15, 0.2) is 24.3 Å². The Morgan fingerprint density at radius 1 is 1.38 bits per heavy atom. The lowest BCUT2D eigenvalue weighted by Gasteiger charge is -2.09. The van der Waals surface area contributed by atoms with Crippen LogP contribution in [0.1, 0.15) is 34.1 Å². The molecule has 0 bridgehead atoms. The first-order valence-corrected chi connectivity index (χ1v) is 7.13. The van der Waals surface area contributed by atoms with Gasteiger partial charge in [-0.15, -0.1) is 0 Å². The summed E-state index contributed by atoms with van der Waals surface area (Å²) in [6, 6.07) is 7.42. The quantitative estimate of drug-likeness (QED) is 0.888. The van der Waals surface area contributed by atoms with E-state index in [0.717, 1.165) is 11.1 Å². The molecule has 0 radical (unpaired) electrons. The number of carbonyl (C=O) groups excluding carboxylic acids is 1. The fourth-order valence-electron chi connectivity index (χ4n) is 2.18. The lowest BCUT2D eigenvalue weighted by molar-refractivity contribution is 0.0949. The maximum atomic E-state index is 12.3. The third-order valence-corrected chi connectivity index (χ3v) is 3.77. The van der Waals surface area contributed by atoms with Crippen molar-refractivity contribution in [2.75, 3.05) is 0 Å². The fraction of sp³-hybridized carbons (Fsp3) is 0.333. The van der Waals surface area contributed by atoms with Crippen LogP contribution in [0.2, 0.25) is 5.15 Å². The number of nitrogens with one attached hydrogen (secondary N) is 1. The molecular weight excluding hydrogens is 290 g/mol. The number of carbonyl (C=O) groups is 1. The van der Waals surface area contributed by atoms with Crippen LogP contribution in [0.4, 0.5) is 0 Å². The molecule has 1 amide bonds. The van der Waals surface area contributed by atoms with Gasteiger partial charge in [-0.1, -0.05) is 42.8 Å². The van der Waals surface area contributed by atoms with E-state index in [0.29, 0.717) is 29.4 Å². The van der Waals surface area contributed by atoms with Crippen LogP contribution in [-0.2, 0) is 26.6 Å². The van der Waals surface area contributed by atoms with Gasteiger partial charge < -0.3 is 10.4 Å². The third-order valence-electron chi connectivity index (χ3n) is 3.34. The van der Waals surface area contributed by atoms with E-state index in [1.54, 1.807) is 7.05 Å². The van der Waals surface area contributed by atoms with Gasteiger partial charge in [-0.3, -0.25) is 9.48 Å². The highest BCUT2D eigenvalue weighted by atomic mass is 35.5. The topological polar surface area (TPSA) is 67.2 Å². The molecule has 0 unspecified atom stereocenters. The molecule has 0 fully saturated rings. The smallest absolute Gasteiger partial charge is 0.256 e. The Balaban J connectivity index is 2.16. The number of aromatic nitrogens is 2. The summed E-state index contributed by atoms with van der Waals surface area (Å²) in [5.41, 5.74) is 2.77. The Morgan fingerprint density at radius 3 is 2.67 bits per heavy atom. The van der Waals surface area contributed by atoms with Crippen LogP contribution in [0.5, 0.6) is 0 Å². The largest absolute Gasteiger partial charge is 0.392 e. The van der Waals surface area contributed by atoms with Crippen molar-refractivity contribution in [3.05, 3.63) is 51.8 Å². The molecule has 0 aliphatic rings. The van der Waals surface area contributed by atoms with Gasteiger partial charge in [-0.25, -0.2) is 0 Å². The van der Waals surface area contributed by atoms with E-state index in [1.807, 2.05) is 31.2 Å². The minimum absolute atomic E-state index is 0.0557. The molecule has 0 spiro atoms. The van der Waals surface area contributed by atoms with Crippen molar-refractivity contribution < 1.29 is 9.90 Å². The van der Waals surface area contributed by atoms with Gasteiger partial charge in [-0.2, -0.15) is 5.10 Å². The molecule has 1 aromatic carbocycles. The van der Waals surface area contributed by atoms with E-state index >= 15 is 0 Å². The molecule has 5 nitrogen and oxygen atoms in total. The first-order chi connectivity index (χ1) is 10.1. The summed E-state index contributed by atoms with van der Waals surface area (Å²) >= 11 is 6.13. The van der Waals surface area contributed by atoms with E-state index < -0.39 is 0 Å². The fourth-order valence-corrected chi connectivity index (χ4v) is 2.41. The van der Waals surface area contributed by atoms with Crippen molar-refractivity contribution >= 4 is 17.5 Å². The summed E-state index contributed by atoms with van der Waals surface area (Å²) in [6.45, 7) is 2.21. The average molecular weight is 308 g/mol. The van der Waals surface area contributed by atoms with Crippen molar-refractivity contribution in [2.45, 2.75) is 26.5 Å². The Hall–Kier alpha value is -1.85. The van der Waals surface area contributed by atoms with Crippen LogP contribution in [0.3, 0.4) is 0 Å². The minimum Gasteiger partial charge on any atom is -0.392 e. The van der Waals surface area contributed by atoms with Gasteiger partial charge in [0.25, 0.3) is 5.91 Å². The van der Waals surface area contributed by atoms with Gasteiger partial charge in [0.1, 0.15) is 5.15 Å². The third kappa shape index (κ3) is 3.25. The number of aryl methyl sites for hydroxylation is 2. The lowest BCUT2D eigenvalue weighted by atomic mass is 10.1. The van der Waals surface area contributed by atoms with Gasteiger partial charge in [0.15, 0.2) is 0 Å². The highest BCUT2D eigenvalue weighted by Crippen LogP contribution is 2.20. The molecule has 0 saturated carbocycles. The summed E-state index contributed by atoms with van der Waals surface area (Å²) in [5, 5.41) is 16.7. The second-order valence-electron chi connectivity index (χ2n) is 4.70. The second-order valence-corrected chi connectivity index (χ2v) is 5.06. The van der Waals surface area contributed by atoms with E-state index in [9.17, 15) is 9.90 Å². The van der Waals surface area contributed by atoms with Gasteiger partial charge in [-0.05, 0) is 17.5 Å². The SMILES string of the molecule is CCc1nn(C)c(Cl)c1C(=O)NCc1ccccc1CO. The molecule has 6 heteroatoms. The first-order valence-electron chi connectivity index (χ1n) is 6.75. The summed E-state index contributed by atoms with van der Waals surface area (Å²) in [6.07, 6.45) is 0.635. The number of rotatable bonds is 5. The molecule has 1 aromatic heterocycles. The molecule has 2 N–H and O–H groups in total. The summed E-state index contributed by atoms with van der Waals surface area (Å²) in [7, 11) is 1.71. The predicted octanol–water partition coefficient (Wildman–Crippen LogP) is 2.06. The zero-order valence-corrected chi connectivity index (χ0v) is 12.8. The molecule has 1 heterocycles. The van der Waals surface area contributed by atoms with Crippen LogP contribution in [0.25, 0.3) is 0 Å². The molecular formula is C15H18ClN3O2. The minimum atomic E-state index is -0.252. The Morgan fingerprint density at radius 2 is 2.05 bits per heavy atom. The van der Waals surface area contributed by atoms with Gasteiger partial charge in [0, 0.05) is 13.6 Å². The predicted molar refractivity (Wildman–Crippen MR) is 81.1 cm³/mol. The maximum absolute atomic E-state index is 12.3. The Bertz CT molecular complexity index is 652. The summed E-state index contributed by atoms with van der Waals surface area (Å²) in [4.78, 5) is 12.3. The molecule has 0 aliphatic carbocycles. The molecule has 21 heavy (non-hydrogen) atoms. The maximum Gasteiger partial charge on any atom is 0.256 e. The van der Waals surface area contributed by atoms with Crippen LogP contribution < -0.4 is 5.32 Å². The van der Waals surface area contributed by atoms with Crippen molar-refractivity contribution in [3.63, 3.8) is 0 Å². The first kappa shape index (κ1) is 15.5. The van der Waals surface area contributed by atoms with Crippen molar-refractivity contribution in [1.29, 1.82) is 0 Å². The van der Waals surface area contributed by atoms with Gasteiger partial charge in [0.2, 0.25) is 0 Å². The van der Waals surface area contributed by atoms with E-state index in [2.05, 4.69) is 10.4 Å². The van der Waals surface area contributed by atoms with Crippen molar-refractivity contribution in [2.24, 2.45) is 7.05 Å².